The minimum absolute atomic E-state index is 0.573. The molecule has 48 heavy (non-hydrogen) atoms. The molecule has 0 bridgehead atoms. The van der Waals surface area contributed by atoms with Crippen molar-refractivity contribution in [2.75, 3.05) is 0 Å². The van der Waals surface area contributed by atoms with Crippen LogP contribution < -0.4 is 0 Å². The zero-order chi connectivity index (χ0) is 31.9. The van der Waals surface area contributed by atoms with Crippen molar-refractivity contribution in [3.05, 3.63) is 158 Å². The fraction of sp³-hybridized carbons (Fsp3) is 0. The molecule has 9 rings (SSSR count). The van der Waals surface area contributed by atoms with Crippen LogP contribution in [0.1, 0.15) is 0 Å². The van der Waals surface area contributed by atoms with Crippen molar-refractivity contribution in [2.45, 2.75) is 0 Å². The van der Waals surface area contributed by atoms with E-state index in [2.05, 4.69) is 65.6 Å². The molecule has 0 saturated carbocycles. The summed E-state index contributed by atoms with van der Waals surface area (Å²) in [7, 11) is 0. The maximum atomic E-state index is 5.18. The smallest absolute Gasteiger partial charge is 0.166 e. The Morgan fingerprint density at radius 2 is 0.833 bits per heavy atom. The summed E-state index contributed by atoms with van der Waals surface area (Å²) in [6, 6.07) is 51.1. The average molecular weight is 615 g/mol. The normalized spacial score (nSPS) is 11.3. The topological polar surface area (TPSA) is 77.3 Å². The summed E-state index contributed by atoms with van der Waals surface area (Å²) >= 11 is 0. The third-order valence-corrected chi connectivity index (χ3v) is 8.55. The second-order valence-electron chi connectivity index (χ2n) is 11.6. The molecule has 0 N–H and O–H groups in total. The molecule has 0 unspecified atom stereocenters. The van der Waals surface area contributed by atoms with E-state index in [4.69, 9.17) is 24.9 Å². The molecule has 0 fully saturated rings. The number of nitrogens with zero attached hydrogens (tertiary/aromatic N) is 6. The number of para-hydroxylation sites is 1. The van der Waals surface area contributed by atoms with E-state index in [0.717, 1.165) is 71.9 Å². The third kappa shape index (κ3) is 5.02. The average Bonchev–Trinajstić information content (AvgIpc) is 3.17. The Kier molecular flexibility index (Phi) is 6.68. The molecule has 0 spiro atoms. The summed E-state index contributed by atoms with van der Waals surface area (Å²) in [5.41, 5.74) is 9.04. The first-order valence-electron chi connectivity index (χ1n) is 15.8. The van der Waals surface area contributed by atoms with Crippen LogP contribution in [0.25, 0.3) is 89.4 Å². The lowest BCUT2D eigenvalue weighted by Crippen LogP contribution is -2.01. The van der Waals surface area contributed by atoms with E-state index in [9.17, 15) is 0 Å². The number of fused-ring (bicyclic) bond motifs is 4. The third-order valence-electron chi connectivity index (χ3n) is 8.55. The van der Waals surface area contributed by atoms with Crippen LogP contribution in [-0.2, 0) is 0 Å². The quantitative estimate of drug-likeness (QED) is 0.180. The first kappa shape index (κ1) is 27.6. The molecular weight excluding hydrogens is 589 g/mol. The molecule has 0 aliphatic carbocycles. The Labute approximate surface area is 276 Å². The summed E-state index contributed by atoms with van der Waals surface area (Å²) in [4.78, 5) is 29.9. The molecule has 9 aromatic rings. The van der Waals surface area contributed by atoms with E-state index < -0.39 is 0 Å². The second-order valence-corrected chi connectivity index (χ2v) is 11.6. The van der Waals surface area contributed by atoms with Gasteiger partial charge in [0.05, 0.1) is 27.9 Å². The minimum Gasteiger partial charge on any atom is -0.255 e. The monoisotopic (exact) mass is 614 g/mol. The molecule has 5 aromatic carbocycles. The van der Waals surface area contributed by atoms with Gasteiger partial charge in [-0.15, -0.1) is 0 Å². The van der Waals surface area contributed by atoms with Gasteiger partial charge in [-0.25, -0.2) is 24.9 Å². The summed E-state index contributed by atoms with van der Waals surface area (Å²) < 4.78 is 0. The molecular formula is C42H26N6. The van der Waals surface area contributed by atoms with Crippen molar-refractivity contribution < 1.29 is 0 Å². The van der Waals surface area contributed by atoms with E-state index in [0.29, 0.717) is 17.5 Å². The van der Waals surface area contributed by atoms with Crippen LogP contribution in [0.15, 0.2) is 158 Å². The maximum absolute atomic E-state index is 5.18. The van der Waals surface area contributed by atoms with Crippen molar-refractivity contribution in [3.8, 4) is 56.7 Å². The number of benzene rings is 5. The summed E-state index contributed by atoms with van der Waals surface area (Å²) in [5.74, 6) is 1.75. The fourth-order valence-corrected chi connectivity index (χ4v) is 6.14. The van der Waals surface area contributed by atoms with Gasteiger partial charge in [0.15, 0.2) is 17.5 Å². The van der Waals surface area contributed by atoms with Gasteiger partial charge < -0.3 is 0 Å². The number of pyridine rings is 3. The lowest BCUT2D eigenvalue weighted by atomic mass is 10.0. The van der Waals surface area contributed by atoms with Gasteiger partial charge in [0.25, 0.3) is 0 Å². The van der Waals surface area contributed by atoms with Crippen molar-refractivity contribution in [3.63, 3.8) is 0 Å². The van der Waals surface area contributed by atoms with Gasteiger partial charge in [-0.2, -0.15) is 0 Å². The van der Waals surface area contributed by atoms with Gasteiger partial charge in [0.1, 0.15) is 0 Å². The largest absolute Gasteiger partial charge is 0.255 e. The highest BCUT2D eigenvalue weighted by Crippen LogP contribution is 2.32. The van der Waals surface area contributed by atoms with E-state index in [1.807, 2.05) is 91.0 Å². The van der Waals surface area contributed by atoms with Gasteiger partial charge >= 0.3 is 0 Å². The van der Waals surface area contributed by atoms with Gasteiger partial charge in [-0.3, -0.25) is 4.98 Å². The van der Waals surface area contributed by atoms with E-state index >= 15 is 0 Å². The number of rotatable bonds is 5. The first-order chi connectivity index (χ1) is 23.8. The lowest BCUT2D eigenvalue weighted by Gasteiger charge is -2.11. The lowest BCUT2D eigenvalue weighted by molar-refractivity contribution is 1.07. The van der Waals surface area contributed by atoms with Crippen LogP contribution in [-0.4, -0.2) is 29.9 Å². The van der Waals surface area contributed by atoms with Gasteiger partial charge in [0.2, 0.25) is 0 Å². The molecule has 4 heterocycles. The van der Waals surface area contributed by atoms with Crippen molar-refractivity contribution in [1.82, 2.24) is 29.9 Å². The molecule has 0 saturated heterocycles. The SMILES string of the molecule is c1ccc(-c2ccc3ccc4ccc(-c5cccc(-c6nc(-c7ccccc7)nc(-c7cccc8cccnc78)n6)c5)nc4c3n2)cc1. The zero-order valence-electron chi connectivity index (χ0n) is 25.7. The molecule has 0 radical (unpaired) electrons. The summed E-state index contributed by atoms with van der Waals surface area (Å²) in [6.07, 6.45) is 1.80. The van der Waals surface area contributed by atoms with Gasteiger partial charge in [-0.05, 0) is 30.3 Å². The second kappa shape index (κ2) is 11.6. The molecule has 6 nitrogen and oxygen atoms in total. The van der Waals surface area contributed by atoms with Crippen LogP contribution in [0.2, 0.25) is 0 Å². The summed E-state index contributed by atoms with van der Waals surface area (Å²) in [5, 5.41) is 3.12. The van der Waals surface area contributed by atoms with Gasteiger partial charge in [0, 0.05) is 50.2 Å². The Hall–Kier alpha value is -6.66. The molecule has 6 heteroatoms. The van der Waals surface area contributed by atoms with E-state index in [-0.39, 0.29) is 0 Å². The molecule has 0 atom stereocenters. The standard InChI is InChI=1S/C42H26N6/c1-3-10-27(11-4-1)35-23-21-29-19-20-30-22-24-36(45-39(30)38(29)44-35)32-15-7-16-33(26-32)41-46-40(31-12-5-2-6-13-31)47-42(48-41)34-18-8-14-28-17-9-25-43-37(28)34/h1-26H. The maximum Gasteiger partial charge on any atom is 0.166 e. The Morgan fingerprint density at radius 1 is 0.312 bits per heavy atom. The molecule has 4 aromatic heterocycles. The Bertz CT molecular complexity index is 2610. The molecule has 0 aliphatic heterocycles. The molecule has 0 aliphatic rings. The van der Waals surface area contributed by atoms with Crippen LogP contribution in [0.4, 0.5) is 0 Å². The van der Waals surface area contributed by atoms with E-state index in [1.54, 1.807) is 6.20 Å². The predicted molar refractivity (Wildman–Crippen MR) is 193 cm³/mol. The highest BCUT2D eigenvalue weighted by Gasteiger charge is 2.16. The van der Waals surface area contributed by atoms with Crippen molar-refractivity contribution in [1.29, 1.82) is 0 Å². The highest BCUT2D eigenvalue weighted by molar-refractivity contribution is 6.04. The molecule has 0 amide bonds. The van der Waals surface area contributed by atoms with Crippen LogP contribution in [0.5, 0.6) is 0 Å². The fourth-order valence-electron chi connectivity index (χ4n) is 6.14. The Morgan fingerprint density at radius 3 is 1.56 bits per heavy atom. The van der Waals surface area contributed by atoms with Crippen molar-refractivity contribution in [2.24, 2.45) is 0 Å². The van der Waals surface area contributed by atoms with Crippen LogP contribution in [0, 0.1) is 0 Å². The molecule has 224 valence electrons. The number of hydrogen-bond acceptors (Lipinski definition) is 6. The highest BCUT2D eigenvalue weighted by atomic mass is 15.0. The van der Waals surface area contributed by atoms with E-state index in [1.165, 1.54) is 0 Å². The van der Waals surface area contributed by atoms with Crippen LogP contribution in [0.3, 0.4) is 0 Å². The first-order valence-corrected chi connectivity index (χ1v) is 15.8. The number of aromatic nitrogens is 6. The number of hydrogen-bond donors (Lipinski definition) is 0. The van der Waals surface area contributed by atoms with Crippen molar-refractivity contribution >= 4 is 32.7 Å². The zero-order valence-corrected chi connectivity index (χ0v) is 25.7. The minimum atomic E-state index is 0.573. The summed E-state index contributed by atoms with van der Waals surface area (Å²) in [6.45, 7) is 0. The predicted octanol–water partition coefficient (Wildman–Crippen LogP) is 9.85. The van der Waals surface area contributed by atoms with Gasteiger partial charge in [-0.1, -0.05) is 121 Å². The Balaban J connectivity index is 1.18. The van der Waals surface area contributed by atoms with Crippen LogP contribution >= 0.6 is 0 Å².